The van der Waals surface area contributed by atoms with E-state index in [4.69, 9.17) is 0 Å². The maximum absolute atomic E-state index is 3.71. The number of hydrogen-bond acceptors (Lipinski definition) is 12. The Bertz CT molecular complexity index is 756. The average Bonchev–Trinajstić information content (AvgIpc) is 3.18. The van der Waals surface area contributed by atoms with E-state index in [1.165, 1.54) is 74.5 Å². The van der Waals surface area contributed by atoms with Crippen molar-refractivity contribution in [2.75, 3.05) is 139 Å². The van der Waals surface area contributed by atoms with E-state index in [9.17, 15) is 0 Å². The molecule has 1 aromatic rings. The molecule has 0 spiro atoms. The van der Waals surface area contributed by atoms with E-state index in [0.717, 1.165) is 157 Å². The van der Waals surface area contributed by atoms with Crippen LogP contribution in [0.2, 0.25) is 0 Å². The molecule has 0 radical (unpaired) electrons. The van der Waals surface area contributed by atoms with Gasteiger partial charge in [0.25, 0.3) is 0 Å². The summed E-state index contributed by atoms with van der Waals surface area (Å²) in [5, 5.41) is 42.2. The zero-order chi connectivity index (χ0) is 38.7. The van der Waals surface area contributed by atoms with Crippen molar-refractivity contribution in [3.8, 4) is 0 Å². The summed E-state index contributed by atoms with van der Waals surface area (Å²) in [5.74, 6) is 0. The first-order valence-electron chi connectivity index (χ1n) is 22.2. The molecule has 0 fully saturated rings. The molecule has 0 aromatic heterocycles. The molecule has 318 valence electrons. The Kier molecular flexibility index (Phi) is 40.3. The lowest BCUT2D eigenvalue weighted by Gasteiger charge is -2.13. The maximum atomic E-state index is 3.71. The van der Waals surface area contributed by atoms with Crippen LogP contribution in [-0.2, 0) is 19.6 Å². The molecule has 0 aliphatic heterocycles. The summed E-state index contributed by atoms with van der Waals surface area (Å²) >= 11 is 0. The lowest BCUT2D eigenvalue weighted by atomic mass is 10.0. The van der Waals surface area contributed by atoms with E-state index in [-0.39, 0.29) is 0 Å². The van der Waals surface area contributed by atoms with Gasteiger partial charge in [0, 0.05) is 19.6 Å². The first-order chi connectivity index (χ1) is 26.8. The van der Waals surface area contributed by atoms with E-state index in [0.29, 0.717) is 0 Å². The van der Waals surface area contributed by atoms with Crippen LogP contribution in [0.25, 0.3) is 0 Å². The van der Waals surface area contributed by atoms with Gasteiger partial charge in [-0.2, -0.15) is 0 Å². The quantitative estimate of drug-likeness (QED) is 0.0441. The first kappa shape index (κ1) is 50.8. The van der Waals surface area contributed by atoms with Crippen LogP contribution in [0, 0.1) is 0 Å². The highest BCUT2D eigenvalue weighted by atomic mass is 14.9. The lowest BCUT2D eigenvalue weighted by molar-refractivity contribution is 0.550. The molecule has 0 atom stereocenters. The second-order valence-electron chi connectivity index (χ2n) is 14.7. The Morgan fingerprint density at radius 2 is 0.426 bits per heavy atom. The third-order valence-corrected chi connectivity index (χ3v) is 9.43. The van der Waals surface area contributed by atoms with Gasteiger partial charge in [-0.1, -0.05) is 18.2 Å². The largest absolute Gasteiger partial charge is 0.320 e. The molecular formula is C42H90N12. The molecule has 12 nitrogen and oxygen atoms in total. The zero-order valence-corrected chi connectivity index (χ0v) is 35.6. The van der Waals surface area contributed by atoms with Crippen molar-refractivity contribution in [2.45, 2.75) is 96.7 Å². The van der Waals surface area contributed by atoms with Crippen LogP contribution in [-0.4, -0.2) is 139 Å². The molecule has 0 aliphatic carbocycles. The minimum absolute atomic E-state index is 0.921. The van der Waals surface area contributed by atoms with Gasteiger partial charge < -0.3 is 63.8 Å². The van der Waals surface area contributed by atoms with E-state index in [1.54, 1.807) is 0 Å². The van der Waals surface area contributed by atoms with Crippen LogP contribution < -0.4 is 63.8 Å². The van der Waals surface area contributed by atoms with Gasteiger partial charge in [-0.25, -0.2) is 0 Å². The summed E-state index contributed by atoms with van der Waals surface area (Å²) in [6.07, 6.45) is 14.5. The fraction of sp³-hybridized carbons (Fsp3) is 0.857. The van der Waals surface area contributed by atoms with Crippen LogP contribution in [0.1, 0.15) is 93.7 Å². The monoisotopic (exact) mass is 763 g/mol. The molecule has 0 bridgehead atoms. The predicted octanol–water partition coefficient (Wildman–Crippen LogP) is 1.83. The van der Waals surface area contributed by atoms with E-state index in [1.807, 2.05) is 21.1 Å². The second-order valence-corrected chi connectivity index (χ2v) is 14.7. The van der Waals surface area contributed by atoms with E-state index in [2.05, 4.69) is 82.0 Å². The fourth-order valence-electron chi connectivity index (χ4n) is 6.28. The zero-order valence-electron chi connectivity index (χ0n) is 35.6. The molecule has 12 N–H and O–H groups in total. The summed E-state index contributed by atoms with van der Waals surface area (Å²) in [4.78, 5) is 0. The van der Waals surface area contributed by atoms with Crippen LogP contribution >= 0.6 is 0 Å². The minimum atomic E-state index is 0.921. The first-order valence-corrected chi connectivity index (χ1v) is 22.2. The fourth-order valence-corrected chi connectivity index (χ4v) is 6.28. The van der Waals surface area contributed by atoms with Crippen LogP contribution in [0.3, 0.4) is 0 Å². The molecule has 0 saturated heterocycles. The lowest BCUT2D eigenvalue weighted by Crippen LogP contribution is -2.25. The Morgan fingerprint density at radius 3 is 0.648 bits per heavy atom. The SMILES string of the molecule is CNCCCNCCCCNCCCNCc1cc(CNCCCNCCCCNCCCNC)cc(CNCCCNCCCCNCCCNC)c1. The van der Waals surface area contributed by atoms with Gasteiger partial charge in [-0.3, -0.25) is 0 Å². The molecule has 54 heavy (non-hydrogen) atoms. The Labute approximate surface area is 333 Å². The second kappa shape index (κ2) is 42.9. The topological polar surface area (TPSA) is 144 Å². The van der Waals surface area contributed by atoms with Gasteiger partial charge in [-0.05, 0) is 233 Å². The highest BCUT2D eigenvalue weighted by molar-refractivity contribution is 5.30. The highest BCUT2D eigenvalue weighted by Crippen LogP contribution is 2.11. The highest BCUT2D eigenvalue weighted by Gasteiger charge is 2.03. The smallest absolute Gasteiger partial charge is 0.0205 e. The average molecular weight is 763 g/mol. The summed E-state index contributed by atoms with van der Waals surface area (Å²) in [6, 6.07) is 7.17. The molecule has 0 aliphatic rings. The van der Waals surface area contributed by atoms with Crippen molar-refractivity contribution in [1.29, 1.82) is 0 Å². The van der Waals surface area contributed by atoms with Crippen molar-refractivity contribution in [3.05, 3.63) is 34.9 Å². The van der Waals surface area contributed by atoms with Gasteiger partial charge in [0.15, 0.2) is 0 Å². The van der Waals surface area contributed by atoms with Crippen LogP contribution in [0.15, 0.2) is 18.2 Å². The number of unbranched alkanes of at least 4 members (excludes halogenated alkanes) is 3. The van der Waals surface area contributed by atoms with Gasteiger partial charge >= 0.3 is 0 Å². The predicted molar refractivity (Wildman–Crippen MR) is 236 cm³/mol. The number of nitrogens with one attached hydrogen (secondary N) is 12. The molecular weight excluding hydrogens is 673 g/mol. The van der Waals surface area contributed by atoms with Crippen LogP contribution in [0.4, 0.5) is 0 Å². The normalized spacial score (nSPS) is 11.6. The third-order valence-electron chi connectivity index (χ3n) is 9.43. The third kappa shape index (κ3) is 36.4. The molecule has 0 amide bonds. The van der Waals surface area contributed by atoms with Crippen molar-refractivity contribution >= 4 is 0 Å². The number of hydrogen-bond donors (Lipinski definition) is 12. The summed E-state index contributed by atoms with van der Waals surface area (Å²) in [5.41, 5.74) is 4.16. The molecule has 0 saturated carbocycles. The standard InChI is InChI=1S/C42H90N12/c1-43-16-10-25-46-19-4-7-22-49-28-13-31-52-37-40-34-41(38-53-32-14-29-50-23-8-5-20-47-26-11-17-44-2)36-42(35-40)39-54-33-15-30-51-24-9-6-21-48-27-12-18-45-3/h34-36,43-54H,4-33,37-39H2,1-3H3. The van der Waals surface area contributed by atoms with Gasteiger partial charge in [-0.15, -0.1) is 0 Å². The van der Waals surface area contributed by atoms with E-state index < -0.39 is 0 Å². The molecule has 1 aromatic carbocycles. The molecule has 0 heterocycles. The van der Waals surface area contributed by atoms with Crippen molar-refractivity contribution < 1.29 is 0 Å². The van der Waals surface area contributed by atoms with Crippen LogP contribution in [0.5, 0.6) is 0 Å². The summed E-state index contributed by atoms with van der Waals surface area (Å²) in [6.45, 7) is 22.4. The maximum Gasteiger partial charge on any atom is 0.0205 e. The number of benzene rings is 1. The summed E-state index contributed by atoms with van der Waals surface area (Å²) in [7, 11) is 6.05. The molecule has 1 rings (SSSR count). The number of rotatable bonds is 45. The van der Waals surface area contributed by atoms with Gasteiger partial charge in [0.2, 0.25) is 0 Å². The Morgan fingerprint density at radius 1 is 0.241 bits per heavy atom. The van der Waals surface area contributed by atoms with Gasteiger partial charge in [0.1, 0.15) is 0 Å². The van der Waals surface area contributed by atoms with Crippen molar-refractivity contribution in [2.24, 2.45) is 0 Å². The van der Waals surface area contributed by atoms with Crippen molar-refractivity contribution in [1.82, 2.24) is 63.8 Å². The minimum Gasteiger partial charge on any atom is -0.320 e. The molecule has 12 heteroatoms. The summed E-state index contributed by atoms with van der Waals surface area (Å²) < 4.78 is 0. The van der Waals surface area contributed by atoms with Crippen molar-refractivity contribution in [3.63, 3.8) is 0 Å². The molecule has 0 unspecified atom stereocenters. The van der Waals surface area contributed by atoms with Gasteiger partial charge in [0.05, 0.1) is 0 Å². The van der Waals surface area contributed by atoms with E-state index >= 15 is 0 Å². The Balaban J connectivity index is 2.29. The Hall–Kier alpha value is -1.26.